The number of benzene rings is 1. The second-order valence-corrected chi connectivity index (χ2v) is 6.80. The molecule has 1 aromatic carbocycles. The summed E-state index contributed by atoms with van der Waals surface area (Å²) in [4.78, 5) is 14.7. The van der Waals surface area contributed by atoms with E-state index in [4.69, 9.17) is 11.6 Å². The number of fused-ring (bicyclic) bond motifs is 2. The van der Waals surface area contributed by atoms with Crippen molar-refractivity contribution in [2.75, 3.05) is 0 Å². The Labute approximate surface area is 126 Å². The maximum Gasteiger partial charge on any atom is 0.223 e. The normalized spacial score (nSPS) is 28.7. The fourth-order valence-corrected chi connectivity index (χ4v) is 4.19. The molecule has 2 fully saturated rings. The van der Waals surface area contributed by atoms with Crippen LogP contribution in [0, 0.1) is 6.92 Å². The summed E-state index contributed by atoms with van der Waals surface area (Å²) in [6, 6.07) is 9.15. The minimum atomic E-state index is 0.271. The molecule has 2 bridgehead atoms. The van der Waals surface area contributed by atoms with E-state index in [1.165, 1.54) is 11.1 Å². The molecule has 2 unspecified atom stereocenters. The summed E-state index contributed by atoms with van der Waals surface area (Å²) in [6.07, 6.45) is 5.73. The number of hydrogen-bond donors (Lipinski definition) is 0. The lowest BCUT2D eigenvalue weighted by atomic mass is 10.00. The molecule has 3 heteroatoms. The Kier molecular flexibility index (Phi) is 4.02. The number of rotatable bonds is 3. The zero-order valence-corrected chi connectivity index (χ0v) is 12.8. The number of amides is 1. The van der Waals surface area contributed by atoms with E-state index in [2.05, 4.69) is 30.0 Å². The van der Waals surface area contributed by atoms with Crippen molar-refractivity contribution in [2.45, 2.75) is 62.9 Å². The Morgan fingerprint density at radius 1 is 1.25 bits per heavy atom. The first-order valence-electron chi connectivity index (χ1n) is 7.65. The van der Waals surface area contributed by atoms with Crippen LogP contribution in [-0.2, 0) is 11.2 Å². The van der Waals surface area contributed by atoms with Crippen molar-refractivity contribution in [1.82, 2.24) is 4.90 Å². The van der Waals surface area contributed by atoms with Gasteiger partial charge in [-0.15, -0.1) is 11.6 Å². The number of halogens is 1. The van der Waals surface area contributed by atoms with Gasteiger partial charge in [0, 0.05) is 23.9 Å². The predicted octanol–water partition coefficient (Wildman–Crippen LogP) is 3.69. The first-order valence-corrected chi connectivity index (χ1v) is 8.08. The van der Waals surface area contributed by atoms with E-state index in [0.717, 1.165) is 32.1 Å². The molecule has 2 nitrogen and oxygen atoms in total. The highest BCUT2D eigenvalue weighted by Gasteiger charge is 2.42. The topological polar surface area (TPSA) is 20.3 Å². The first kappa shape index (κ1) is 13.9. The van der Waals surface area contributed by atoms with Crippen LogP contribution in [0.5, 0.6) is 0 Å². The van der Waals surface area contributed by atoms with E-state index < -0.39 is 0 Å². The summed E-state index contributed by atoms with van der Waals surface area (Å²) in [5, 5.41) is 0.271. The average Bonchev–Trinajstić information content (AvgIpc) is 2.70. The largest absolute Gasteiger partial charge is 0.337 e. The molecular formula is C17H22ClNO. The number of carbonyl (C=O) groups excluding carboxylic acids is 1. The molecule has 2 aliphatic heterocycles. The lowest BCUT2D eigenvalue weighted by molar-refractivity contribution is -0.135. The molecule has 0 aliphatic carbocycles. The zero-order chi connectivity index (χ0) is 14.1. The fourth-order valence-electron chi connectivity index (χ4n) is 3.78. The number of piperidine rings is 1. The van der Waals surface area contributed by atoms with E-state index in [-0.39, 0.29) is 5.38 Å². The van der Waals surface area contributed by atoms with Crippen LogP contribution in [0.3, 0.4) is 0 Å². The maximum atomic E-state index is 12.5. The Hall–Kier alpha value is -1.02. The molecular weight excluding hydrogens is 270 g/mol. The van der Waals surface area contributed by atoms with Crippen molar-refractivity contribution >= 4 is 17.5 Å². The second-order valence-electron chi connectivity index (χ2n) is 6.18. The molecule has 0 radical (unpaired) electrons. The van der Waals surface area contributed by atoms with Crippen molar-refractivity contribution < 1.29 is 4.79 Å². The Bertz CT molecular complexity index is 488. The molecule has 0 spiro atoms. The Morgan fingerprint density at radius 3 is 2.55 bits per heavy atom. The van der Waals surface area contributed by atoms with Crippen molar-refractivity contribution in [2.24, 2.45) is 0 Å². The first-order chi connectivity index (χ1) is 9.65. The van der Waals surface area contributed by atoms with Crippen molar-refractivity contribution in [3.05, 3.63) is 35.4 Å². The van der Waals surface area contributed by atoms with Crippen LogP contribution in [0.2, 0.25) is 0 Å². The number of alkyl halides is 1. The molecule has 2 aliphatic rings. The van der Waals surface area contributed by atoms with Crippen molar-refractivity contribution in [3.8, 4) is 0 Å². The summed E-state index contributed by atoms with van der Waals surface area (Å²) in [7, 11) is 0. The van der Waals surface area contributed by atoms with Crippen LogP contribution < -0.4 is 0 Å². The van der Waals surface area contributed by atoms with Gasteiger partial charge in [-0.25, -0.2) is 0 Å². The molecule has 108 valence electrons. The predicted molar refractivity (Wildman–Crippen MR) is 82.0 cm³/mol. The van der Waals surface area contributed by atoms with E-state index in [9.17, 15) is 4.79 Å². The fraction of sp³-hybridized carbons (Fsp3) is 0.588. The van der Waals surface area contributed by atoms with Crippen LogP contribution in [0.15, 0.2) is 24.3 Å². The SMILES string of the molecule is Cc1ccccc1CCC(=O)N1C2CCC1CC(Cl)C2. The Morgan fingerprint density at radius 2 is 1.90 bits per heavy atom. The zero-order valence-electron chi connectivity index (χ0n) is 12.0. The highest BCUT2D eigenvalue weighted by Crippen LogP contribution is 2.38. The van der Waals surface area contributed by atoms with Crippen LogP contribution in [-0.4, -0.2) is 28.3 Å². The molecule has 0 aromatic heterocycles. The van der Waals surface area contributed by atoms with E-state index in [1.807, 2.05) is 6.07 Å². The van der Waals surface area contributed by atoms with Gasteiger partial charge in [0.2, 0.25) is 5.91 Å². The van der Waals surface area contributed by atoms with Gasteiger partial charge in [-0.1, -0.05) is 24.3 Å². The molecule has 0 saturated carbocycles. The summed E-state index contributed by atoms with van der Waals surface area (Å²) >= 11 is 6.27. The van der Waals surface area contributed by atoms with E-state index >= 15 is 0 Å². The molecule has 1 amide bonds. The second kappa shape index (κ2) is 5.77. The summed E-state index contributed by atoms with van der Waals surface area (Å²) in [6.45, 7) is 2.11. The van der Waals surface area contributed by atoms with Gasteiger partial charge in [-0.2, -0.15) is 0 Å². The number of aryl methyl sites for hydroxylation is 2. The lowest BCUT2D eigenvalue weighted by Gasteiger charge is -2.37. The minimum Gasteiger partial charge on any atom is -0.337 e. The summed E-state index contributed by atoms with van der Waals surface area (Å²) in [5.74, 6) is 0.323. The third-order valence-electron chi connectivity index (χ3n) is 4.83. The van der Waals surface area contributed by atoms with Gasteiger partial charge < -0.3 is 4.90 Å². The number of carbonyl (C=O) groups is 1. The standard InChI is InChI=1S/C17H22ClNO/c1-12-4-2-3-5-13(12)6-9-17(20)19-15-7-8-16(19)11-14(18)10-15/h2-5,14-16H,6-11H2,1H3. The van der Waals surface area contributed by atoms with Crippen molar-refractivity contribution in [1.29, 1.82) is 0 Å². The summed E-state index contributed by atoms with van der Waals surface area (Å²) < 4.78 is 0. The van der Waals surface area contributed by atoms with Gasteiger partial charge in [0.1, 0.15) is 0 Å². The molecule has 3 rings (SSSR count). The van der Waals surface area contributed by atoms with Gasteiger partial charge in [0.15, 0.2) is 0 Å². The summed E-state index contributed by atoms with van der Waals surface area (Å²) in [5.41, 5.74) is 2.57. The minimum absolute atomic E-state index is 0.271. The van der Waals surface area contributed by atoms with Gasteiger partial charge in [-0.05, 0) is 50.2 Å². The quantitative estimate of drug-likeness (QED) is 0.778. The highest BCUT2D eigenvalue weighted by molar-refractivity contribution is 6.20. The van der Waals surface area contributed by atoms with Gasteiger partial charge in [-0.3, -0.25) is 4.79 Å². The Balaban J connectivity index is 1.62. The highest BCUT2D eigenvalue weighted by atomic mass is 35.5. The third kappa shape index (κ3) is 2.71. The van der Waals surface area contributed by atoms with Crippen LogP contribution >= 0.6 is 11.6 Å². The molecule has 0 N–H and O–H groups in total. The van der Waals surface area contributed by atoms with Crippen LogP contribution in [0.4, 0.5) is 0 Å². The van der Waals surface area contributed by atoms with Crippen LogP contribution in [0.25, 0.3) is 0 Å². The van der Waals surface area contributed by atoms with Gasteiger partial charge >= 0.3 is 0 Å². The van der Waals surface area contributed by atoms with E-state index in [0.29, 0.717) is 24.4 Å². The molecule has 2 heterocycles. The third-order valence-corrected chi connectivity index (χ3v) is 5.19. The maximum absolute atomic E-state index is 12.5. The molecule has 2 atom stereocenters. The van der Waals surface area contributed by atoms with Gasteiger partial charge in [0.25, 0.3) is 0 Å². The van der Waals surface area contributed by atoms with E-state index in [1.54, 1.807) is 0 Å². The molecule has 2 saturated heterocycles. The number of nitrogens with zero attached hydrogens (tertiary/aromatic N) is 1. The lowest BCUT2D eigenvalue weighted by Crippen LogP contribution is -2.47. The number of hydrogen-bond acceptors (Lipinski definition) is 1. The molecule has 1 aromatic rings. The van der Waals surface area contributed by atoms with Crippen molar-refractivity contribution in [3.63, 3.8) is 0 Å². The van der Waals surface area contributed by atoms with Crippen LogP contribution in [0.1, 0.15) is 43.2 Å². The smallest absolute Gasteiger partial charge is 0.223 e. The monoisotopic (exact) mass is 291 g/mol. The average molecular weight is 292 g/mol. The van der Waals surface area contributed by atoms with Gasteiger partial charge in [0.05, 0.1) is 0 Å². The molecule has 20 heavy (non-hydrogen) atoms.